The van der Waals surface area contributed by atoms with Crippen LogP contribution in [0.3, 0.4) is 0 Å². The summed E-state index contributed by atoms with van der Waals surface area (Å²) >= 11 is 0. The van der Waals surface area contributed by atoms with Gasteiger partial charge in [-0.3, -0.25) is 4.79 Å². The summed E-state index contributed by atoms with van der Waals surface area (Å²) in [6.45, 7) is 2.90. The van der Waals surface area contributed by atoms with Crippen molar-refractivity contribution >= 4 is 27.3 Å². The maximum absolute atomic E-state index is 12.6. The molecule has 4 rings (SSSR count). The van der Waals surface area contributed by atoms with E-state index in [4.69, 9.17) is 0 Å². The van der Waals surface area contributed by atoms with Crippen molar-refractivity contribution in [2.24, 2.45) is 0 Å². The van der Waals surface area contributed by atoms with Crippen molar-refractivity contribution in [3.8, 4) is 0 Å². The van der Waals surface area contributed by atoms with Gasteiger partial charge in [-0.05, 0) is 37.8 Å². The summed E-state index contributed by atoms with van der Waals surface area (Å²) in [7, 11) is -3.82. The van der Waals surface area contributed by atoms with E-state index in [9.17, 15) is 13.2 Å². The van der Waals surface area contributed by atoms with E-state index in [-0.39, 0.29) is 5.56 Å². The Morgan fingerprint density at radius 1 is 1.04 bits per heavy atom. The number of pyridine rings is 1. The molecule has 2 aliphatic rings. The number of hydrogen-bond acceptors (Lipinski definition) is 5. The van der Waals surface area contributed by atoms with Gasteiger partial charge in [-0.1, -0.05) is 6.42 Å². The van der Waals surface area contributed by atoms with Gasteiger partial charge in [-0.2, -0.15) is 17.8 Å². The average molecular weight is 377 g/mol. The Bertz CT molecular complexity index is 912. The van der Waals surface area contributed by atoms with Crippen LogP contribution < -0.4 is 9.62 Å². The quantitative estimate of drug-likeness (QED) is 0.870. The van der Waals surface area contributed by atoms with E-state index in [1.54, 1.807) is 10.7 Å². The van der Waals surface area contributed by atoms with E-state index >= 15 is 0 Å². The van der Waals surface area contributed by atoms with Gasteiger partial charge in [0.2, 0.25) is 0 Å². The second-order valence-corrected chi connectivity index (χ2v) is 8.53. The van der Waals surface area contributed by atoms with Gasteiger partial charge in [-0.25, -0.2) is 9.24 Å². The van der Waals surface area contributed by atoms with E-state index in [0.717, 1.165) is 50.9 Å². The average Bonchev–Trinajstić information content (AvgIpc) is 3.31. The Morgan fingerprint density at radius 2 is 1.73 bits per heavy atom. The third kappa shape index (κ3) is 3.28. The number of anilines is 1. The zero-order chi connectivity index (χ0) is 18.1. The molecular weight excluding hydrogens is 354 g/mol. The van der Waals surface area contributed by atoms with E-state index in [1.165, 1.54) is 10.5 Å². The van der Waals surface area contributed by atoms with Gasteiger partial charge < -0.3 is 4.90 Å². The highest BCUT2D eigenvalue weighted by Gasteiger charge is 2.27. The first-order valence-electron chi connectivity index (χ1n) is 9.09. The highest BCUT2D eigenvalue weighted by Crippen LogP contribution is 2.23. The Balaban J connectivity index is 1.59. The predicted molar refractivity (Wildman–Crippen MR) is 98.4 cm³/mol. The fourth-order valence-electron chi connectivity index (χ4n) is 3.66. The fraction of sp³-hybridized carbons (Fsp3) is 0.529. The summed E-state index contributed by atoms with van der Waals surface area (Å²) in [5, 5.41) is 4.18. The SMILES string of the molecule is O=C(NS(=O)(=O)N1CCCCC1)c1cnn2ccc(N3CCCC3)cc12. The Labute approximate surface area is 153 Å². The van der Waals surface area contributed by atoms with Crippen LogP contribution in [-0.2, 0) is 10.2 Å². The first kappa shape index (κ1) is 17.3. The first-order valence-corrected chi connectivity index (χ1v) is 10.5. The van der Waals surface area contributed by atoms with Gasteiger partial charge in [0.15, 0.2) is 0 Å². The van der Waals surface area contributed by atoms with Gasteiger partial charge >= 0.3 is 10.2 Å². The number of aromatic nitrogens is 2. The topological polar surface area (TPSA) is 87.0 Å². The largest absolute Gasteiger partial charge is 0.371 e. The van der Waals surface area contributed by atoms with Crippen molar-refractivity contribution in [3.63, 3.8) is 0 Å². The Kier molecular flexibility index (Phi) is 4.58. The van der Waals surface area contributed by atoms with Crippen molar-refractivity contribution in [1.29, 1.82) is 0 Å². The van der Waals surface area contributed by atoms with Crippen molar-refractivity contribution in [1.82, 2.24) is 18.6 Å². The van der Waals surface area contributed by atoms with Crippen molar-refractivity contribution in [2.45, 2.75) is 32.1 Å². The highest BCUT2D eigenvalue weighted by molar-refractivity contribution is 7.87. The zero-order valence-corrected chi connectivity index (χ0v) is 15.4. The second kappa shape index (κ2) is 6.88. The summed E-state index contributed by atoms with van der Waals surface area (Å²) < 4.78 is 30.1. The molecule has 26 heavy (non-hydrogen) atoms. The summed E-state index contributed by atoms with van der Waals surface area (Å²) in [5.41, 5.74) is 1.91. The van der Waals surface area contributed by atoms with Gasteiger partial charge in [-0.15, -0.1) is 0 Å². The van der Waals surface area contributed by atoms with Crippen molar-refractivity contribution < 1.29 is 13.2 Å². The number of piperidine rings is 1. The molecule has 1 amide bonds. The maximum atomic E-state index is 12.6. The minimum atomic E-state index is -3.82. The molecule has 2 aromatic rings. The molecule has 9 heteroatoms. The third-order valence-electron chi connectivity index (χ3n) is 5.10. The lowest BCUT2D eigenvalue weighted by Gasteiger charge is -2.25. The summed E-state index contributed by atoms with van der Waals surface area (Å²) in [5.74, 6) is -0.635. The molecule has 0 aliphatic carbocycles. The smallest absolute Gasteiger partial charge is 0.304 e. The molecule has 0 spiro atoms. The number of nitrogens with one attached hydrogen (secondary N) is 1. The number of nitrogens with zero attached hydrogens (tertiary/aromatic N) is 4. The predicted octanol–water partition coefficient (Wildman–Crippen LogP) is 1.39. The summed E-state index contributed by atoms with van der Waals surface area (Å²) in [6, 6.07) is 3.87. The van der Waals surface area contributed by atoms with Crippen LogP contribution in [0.2, 0.25) is 0 Å². The van der Waals surface area contributed by atoms with Crippen LogP contribution in [0.1, 0.15) is 42.5 Å². The highest BCUT2D eigenvalue weighted by atomic mass is 32.2. The van der Waals surface area contributed by atoms with Crippen molar-refractivity contribution in [3.05, 3.63) is 30.1 Å². The van der Waals surface area contributed by atoms with Crippen LogP contribution >= 0.6 is 0 Å². The molecule has 0 atom stereocenters. The molecular formula is C17H23N5O3S. The van der Waals surface area contributed by atoms with Gasteiger partial charge in [0, 0.05) is 38.1 Å². The van der Waals surface area contributed by atoms with E-state index < -0.39 is 16.1 Å². The Morgan fingerprint density at radius 3 is 2.46 bits per heavy atom. The minimum Gasteiger partial charge on any atom is -0.371 e. The molecule has 1 N–H and O–H groups in total. The molecule has 0 bridgehead atoms. The van der Waals surface area contributed by atoms with E-state index in [2.05, 4.69) is 14.7 Å². The van der Waals surface area contributed by atoms with E-state index in [0.29, 0.717) is 18.6 Å². The minimum absolute atomic E-state index is 0.270. The molecule has 0 radical (unpaired) electrons. The summed E-state index contributed by atoms with van der Waals surface area (Å²) in [4.78, 5) is 14.9. The van der Waals surface area contributed by atoms with Crippen LogP contribution in [0.5, 0.6) is 0 Å². The molecule has 4 heterocycles. The number of amides is 1. The first-order chi connectivity index (χ1) is 12.5. The lowest BCUT2D eigenvalue weighted by atomic mass is 10.2. The zero-order valence-electron chi connectivity index (χ0n) is 14.6. The monoisotopic (exact) mass is 377 g/mol. The van der Waals surface area contributed by atoms with Crippen LogP contribution in [0.15, 0.2) is 24.5 Å². The molecule has 140 valence electrons. The fourth-order valence-corrected chi connectivity index (χ4v) is 4.87. The normalized spacial score (nSPS) is 19.2. The van der Waals surface area contributed by atoms with Crippen molar-refractivity contribution in [2.75, 3.05) is 31.1 Å². The molecule has 0 aromatic carbocycles. The van der Waals surface area contributed by atoms with Gasteiger partial charge in [0.05, 0.1) is 17.3 Å². The lowest BCUT2D eigenvalue weighted by molar-refractivity contribution is 0.0980. The number of hydrogen-bond donors (Lipinski definition) is 1. The molecule has 2 aliphatic heterocycles. The molecule has 2 saturated heterocycles. The number of rotatable bonds is 4. The maximum Gasteiger partial charge on any atom is 0.304 e. The van der Waals surface area contributed by atoms with Crippen LogP contribution in [0.25, 0.3) is 5.52 Å². The molecule has 8 nitrogen and oxygen atoms in total. The molecule has 2 aromatic heterocycles. The van der Waals surface area contributed by atoms with Gasteiger partial charge in [0.25, 0.3) is 5.91 Å². The van der Waals surface area contributed by atoms with Crippen LogP contribution in [0, 0.1) is 0 Å². The molecule has 2 fully saturated rings. The number of carbonyl (C=O) groups is 1. The number of carbonyl (C=O) groups excluding carboxylic acids is 1. The number of fused-ring (bicyclic) bond motifs is 1. The molecule has 0 saturated carbocycles. The lowest BCUT2D eigenvalue weighted by Crippen LogP contribution is -2.45. The second-order valence-electron chi connectivity index (χ2n) is 6.86. The summed E-state index contributed by atoms with van der Waals surface area (Å²) in [6.07, 6.45) is 8.21. The molecule has 0 unspecified atom stereocenters. The van der Waals surface area contributed by atoms with Gasteiger partial charge in [0.1, 0.15) is 0 Å². The van der Waals surface area contributed by atoms with Crippen LogP contribution in [-0.4, -0.2) is 54.4 Å². The van der Waals surface area contributed by atoms with Crippen LogP contribution in [0.4, 0.5) is 5.69 Å². The third-order valence-corrected chi connectivity index (χ3v) is 6.59. The Hall–Kier alpha value is -2.13. The van der Waals surface area contributed by atoms with E-state index in [1.807, 2.05) is 12.1 Å². The standard InChI is InChI=1S/C17H23N5O3S/c23-17(19-26(24,25)21-9-2-1-3-10-21)15-13-18-22-11-6-14(12-16(15)22)20-7-4-5-8-20/h6,11-13H,1-5,7-10H2,(H,19,23).